The summed E-state index contributed by atoms with van der Waals surface area (Å²) in [5, 5.41) is 3.81. The van der Waals surface area contributed by atoms with Crippen LogP contribution >= 0.6 is 27.7 Å². The first-order valence-electron chi connectivity index (χ1n) is 8.30. The number of hydrogen-bond acceptors (Lipinski definition) is 2. The van der Waals surface area contributed by atoms with Crippen molar-refractivity contribution in [2.45, 2.75) is 56.9 Å². The van der Waals surface area contributed by atoms with Crippen molar-refractivity contribution >= 4 is 27.7 Å². The van der Waals surface area contributed by atoms with E-state index in [-0.39, 0.29) is 0 Å². The molecule has 0 spiro atoms. The number of rotatable bonds is 7. The van der Waals surface area contributed by atoms with Gasteiger partial charge in [0.25, 0.3) is 0 Å². The summed E-state index contributed by atoms with van der Waals surface area (Å²) in [6.07, 6.45) is 6.86. The van der Waals surface area contributed by atoms with Gasteiger partial charge in [-0.3, -0.25) is 0 Å². The first-order chi connectivity index (χ1) is 10.2. The fraction of sp³-hybridized carbons (Fsp3) is 0.667. The molecular weight excluding hydrogens is 342 g/mol. The van der Waals surface area contributed by atoms with E-state index in [2.05, 4.69) is 59.4 Å². The van der Waals surface area contributed by atoms with E-state index in [1.54, 1.807) is 0 Å². The average Bonchev–Trinajstić information content (AvgIpc) is 2.49. The van der Waals surface area contributed by atoms with Crippen LogP contribution in [0.3, 0.4) is 0 Å². The number of benzene rings is 1. The van der Waals surface area contributed by atoms with E-state index in [9.17, 15) is 0 Å². The molecule has 1 aliphatic rings. The summed E-state index contributed by atoms with van der Waals surface area (Å²) >= 11 is 5.56. The molecule has 1 saturated carbocycles. The zero-order valence-corrected chi connectivity index (χ0v) is 15.7. The van der Waals surface area contributed by atoms with Crippen molar-refractivity contribution in [3.8, 4) is 0 Å². The second-order valence-electron chi connectivity index (χ2n) is 6.35. The van der Waals surface area contributed by atoms with Crippen molar-refractivity contribution in [1.29, 1.82) is 0 Å². The highest BCUT2D eigenvalue weighted by molar-refractivity contribution is 9.10. The van der Waals surface area contributed by atoms with Crippen molar-refractivity contribution in [2.24, 2.45) is 11.8 Å². The normalized spacial score (nSPS) is 24.0. The third kappa shape index (κ3) is 5.96. The van der Waals surface area contributed by atoms with Gasteiger partial charge in [-0.1, -0.05) is 48.7 Å². The lowest BCUT2D eigenvalue weighted by Gasteiger charge is -2.33. The summed E-state index contributed by atoms with van der Waals surface area (Å²) in [6, 6.07) is 9.34. The predicted octanol–water partition coefficient (Wildman–Crippen LogP) is 5.74. The molecule has 1 fully saturated rings. The molecule has 0 bridgehead atoms. The van der Waals surface area contributed by atoms with Gasteiger partial charge < -0.3 is 5.32 Å². The second kappa shape index (κ2) is 9.22. The molecule has 1 aromatic rings. The molecule has 2 rings (SSSR count). The SMILES string of the molecule is CCCNC(CSc1cccc(Br)c1)C1CCC(C)CC1. The van der Waals surface area contributed by atoms with Crippen LogP contribution in [0.25, 0.3) is 0 Å². The molecule has 21 heavy (non-hydrogen) atoms. The maximum absolute atomic E-state index is 3.81. The lowest BCUT2D eigenvalue weighted by molar-refractivity contribution is 0.242. The second-order valence-corrected chi connectivity index (χ2v) is 8.36. The van der Waals surface area contributed by atoms with Gasteiger partial charge in [0.1, 0.15) is 0 Å². The summed E-state index contributed by atoms with van der Waals surface area (Å²) in [5.41, 5.74) is 0. The van der Waals surface area contributed by atoms with E-state index in [1.807, 2.05) is 11.8 Å². The lowest BCUT2D eigenvalue weighted by atomic mass is 9.79. The van der Waals surface area contributed by atoms with E-state index in [0.29, 0.717) is 6.04 Å². The highest BCUT2D eigenvalue weighted by Crippen LogP contribution is 2.33. The first kappa shape index (κ1) is 17.4. The zero-order chi connectivity index (χ0) is 15.1. The van der Waals surface area contributed by atoms with E-state index in [4.69, 9.17) is 0 Å². The van der Waals surface area contributed by atoms with Gasteiger partial charge in [0.05, 0.1) is 0 Å². The van der Waals surface area contributed by atoms with Crippen molar-refractivity contribution in [2.75, 3.05) is 12.3 Å². The van der Waals surface area contributed by atoms with E-state index < -0.39 is 0 Å². The third-order valence-electron chi connectivity index (χ3n) is 4.51. The largest absolute Gasteiger partial charge is 0.313 e. The van der Waals surface area contributed by atoms with E-state index in [0.717, 1.165) is 18.4 Å². The van der Waals surface area contributed by atoms with E-state index in [1.165, 1.54) is 47.2 Å². The maximum atomic E-state index is 3.81. The molecule has 1 nitrogen and oxygen atoms in total. The molecule has 1 aromatic carbocycles. The molecule has 3 heteroatoms. The molecule has 1 N–H and O–H groups in total. The monoisotopic (exact) mass is 369 g/mol. The smallest absolute Gasteiger partial charge is 0.0189 e. The zero-order valence-electron chi connectivity index (χ0n) is 13.3. The van der Waals surface area contributed by atoms with Crippen LogP contribution in [0.4, 0.5) is 0 Å². The Bertz CT molecular complexity index is 415. The van der Waals surface area contributed by atoms with Crippen molar-refractivity contribution in [3.63, 3.8) is 0 Å². The minimum Gasteiger partial charge on any atom is -0.313 e. The van der Waals surface area contributed by atoms with Gasteiger partial charge in [-0.25, -0.2) is 0 Å². The highest BCUT2D eigenvalue weighted by Gasteiger charge is 2.25. The van der Waals surface area contributed by atoms with Crippen LogP contribution in [0.15, 0.2) is 33.6 Å². The summed E-state index contributed by atoms with van der Waals surface area (Å²) in [7, 11) is 0. The number of halogens is 1. The summed E-state index contributed by atoms with van der Waals surface area (Å²) in [6.45, 7) is 5.81. The number of nitrogens with one attached hydrogen (secondary N) is 1. The Balaban J connectivity index is 1.89. The van der Waals surface area contributed by atoms with Crippen LogP contribution < -0.4 is 5.32 Å². The molecule has 0 aliphatic heterocycles. The molecular formula is C18H28BrNS. The van der Waals surface area contributed by atoms with Crippen LogP contribution in [0.1, 0.15) is 46.0 Å². The van der Waals surface area contributed by atoms with Crippen molar-refractivity contribution in [3.05, 3.63) is 28.7 Å². The quantitative estimate of drug-likeness (QED) is 0.615. The Morgan fingerprint density at radius 3 is 2.71 bits per heavy atom. The Kier molecular flexibility index (Phi) is 7.62. The molecule has 0 aromatic heterocycles. The first-order valence-corrected chi connectivity index (χ1v) is 10.1. The highest BCUT2D eigenvalue weighted by atomic mass is 79.9. The molecule has 1 atom stereocenters. The Labute approximate surface area is 142 Å². The summed E-state index contributed by atoms with van der Waals surface area (Å²) < 4.78 is 1.18. The van der Waals surface area contributed by atoms with Gasteiger partial charge in [0.15, 0.2) is 0 Å². The van der Waals surface area contributed by atoms with E-state index >= 15 is 0 Å². The van der Waals surface area contributed by atoms with Gasteiger partial charge in [0.2, 0.25) is 0 Å². The van der Waals surface area contributed by atoms with Crippen LogP contribution in [0, 0.1) is 11.8 Å². The van der Waals surface area contributed by atoms with Gasteiger partial charge in [0, 0.05) is 21.2 Å². The molecule has 0 heterocycles. The van der Waals surface area contributed by atoms with Gasteiger partial charge in [-0.15, -0.1) is 11.8 Å². The van der Waals surface area contributed by atoms with Crippen molar-refractivity contribution < 1.29 is 0 Å². The fourth-order valence-electron chi connectivity index (χ4n) is 3.12. The fourth-order valence-corrected chi connectivity index (χ4v) is 4.82. The summed E-state index contributed by atoms with van der Waals surface area (Å²) in [5.74, 6) is 2.99. The van der Waals surface area contributed by atoms with Crippen LogP contribution in [-0.2, 0) is 0 Å². The molecule has 0 saturated heterocycles. The van der Waals surface area contributed by atoms with Gasteiger partial charge in [-0.05, 0) is 55.8 Å². The van der Waals surface area contributed by atoms with Crippen molar-refractivity contribution in [1.82, 2.24) is 5.32 Å². The predicted molar refractivity (Wildman–Crippen MR) is 98.1 cm³/mol. The van der Waals surface area contributed by atoms with Crippen LogP contribution in [-0.4, -0.2) is 18.3 Å². The van der Waals surface area contributed by atoms with Gasteiger partial charge >= 0.3 is 0 Å². The Morgan fingerprint density at radius 2 is 2.05 bits per heavy atom. The molecule has 0 radical (unpaired) electrons. The Morgan fingerprint density at radius 1 is 1.29 bits per heavy atom. The van der Waals surface area contributed by atoms with Crippen LogP contribution in [0.2, 0.25) is 0 Å². The standard InChI is InChI=1S/C18H28BrNS/c1-3-11-20-18(15-9-7-14(2)8-10-15)13-21-17-6-4-5-16(19)12-17/h4-6,12,14-15,18,20H,3,7-11,13H2,1-2H3. The van der Waals surface area contributed by atoms with Crippen LogP contribution in [0.5, 0.6) is 0 Å². The molecule has 118 valence electrons. The summed E-state index contributed by atoms with van der Waals surface area (Å²) in [4.78, 5) is 1.37. The average molecular weight is 370 g/mol. The molecule has 0 amide bonds. The maximum Gasteiger partial charge on any atom is 0.0189 e. The molecule has 1 unspecified atom stereocenters. The lowest BCUT2D eigenvalue weighted by Crippen LogP contribution is -2.40. The minimum absolute atomic E-state index is 0.668. The Hall–Kier alpha value is 0.01000. The molecule has 1 aliphatic carbocycles. The number of thioether (sulfide) groups is 1. The topological polar surface area (TPSA) is 12.0 Å². The minimum atomic E-state index is 0.668. The van der Waals surface area contributed by atoms with Gasteiger partial charge in [-0.2, -0.15) is 0 Å². The third-order valence-corrected chi connectivity index (χ3v) is 6.12. The number of hydrogen-bond donors (Lipinski definition) is 1.